The molecule has 0 spiro atoms. The van der Waals surface area contributed by atoms with Crippen molar-refractivity contribution in [1.29, 1.82) is 0 Å². The molecule has 2 amide bonds. The number of amides is 2. The highest BCUT2D eigenvalue weighted by Crippen LogP contribution is 2.28. The predicted octanol–water partition coefficient (Wildman–Crippen LogP) is 0.0764. The third kappa shape index (κ3) is 4.97. The molecular weight excluding hydrogens is 270 g/mol. The first kappa shape index (κ1) is 18.1. The molecule has 1 aliphatic carbocycles. The first-order chi connectivity index (χ1) is 8.54. The van der Waals surface area contributed by atoms with Crippen LogP contribution in [0.3, 0.4) is 0 Å². The summed E-state index contributed by atoms with van der Waals surface area (Å²) in [6, 6.07) is 0. The summed E-state index contributed by atoms with van der Waals surface area (Å²) >= 11 is 0. The molecule has 1 unspecified atom stereocenters. The van der Waals surface area contributed by atoms with Crippen molar-refractivity contribution in [2.24, 2.45) is 11.5 Å². The van der Waals surface area contributed by atoms with E-state index in [-0.39, 0.29) is 37.4 Å². The molecule has 6 nitrogen and oxygen atoms in total. The Hall–Kier alpha value is -0.850. The maximum atomic E-state index is 11.9. The third-order valence-electron chi connectivity index (χ3n) is 3.57. The fourth-order valence-electron chi connectivity index (χ4n) is 2.38. The molecule has 1 atom stereocenters. The molecule has 0 radical (unpaired) electrons. The van der Waals surface area contributed by atoms with Crippen molar-refractivity contribution in [3.05, 3.63) is 0 Å². The minimum absolute atomic E-state index is 0. The number of carbonyl (C=O) groups is 2. The Labute approximate surface area is 120 Å². The summed E-state index contributed by atoms with van der Waals surface area (Å²) in [7, 11) is 1.51. The maximum absolute atomic E-state index is 11.9. The van der Waals surface area contributed by atoms with E-state index in [2.05, 4.69) is 5.32 Å². The van der Waals surface area contributed by atoms with Crippen LogP contribution in [0.2, 0.25) is 0 Å². The molecule has 0 aromatic heterocycles. The van der Waals surface area contributed by atoms with Gasteiger partial charge in [-0.05, 0) is 12.8 Å². The molecule has 0 bridgehead atoms. The van der Waals surface area contributed by atoms with Crippen LogP contribution in [0.1, 0.15) is 38.5 Å². The monoisotopic (exact) mass is 293 g/mol. The number of nitrogens with two attached hydrogens (primary N) is 2. The van der Waals surface area contributed by atoms with E-state index < -0.39 is 11.4 Å². The number of hydrogen-bond acceptors (Lipinski definition) is 4. The Morgan fingerprint density at radius 1 is 1.32 bits per heavy atom. The number of nitrogens with one attached hydrogen (secondary N) is 1. The molecule has 7 heteroatoms. The van der Waals surface area contributed by atoms with Crippen LogP contribution in [0.15, 0.2) is 0 Å². The summed E-state index contributed by atoms with van der Waals surface area (Å²) in [6.07, 6.45) is 3.97. The lowest BCUT2D eigenvalue weighted by atomic mass is 9.81. The number of methoxy groups -OCH3 is 1. The van der Waals surface area contributed by atoms with Gasteiger partial charge >= 0.3 is 0 Å². The molecule has 0 aliphatic heterocycles. The third-order valence-corrected chi connectivity index (χ3v) is 3.57. The second-order valence-corrected chi connectivity index (χ2v) is 4.85. The smallest absolute Gasteiger partial charge is 0.243 e. The van der Waals surface area contributed by atoms with E-state index in [1.165, 1.54) is 7.11 Å². The first-order valence-corrected chi connectivity index (χ1v) is 6.38. The van der Waals surface area contributed by atoms with Gasteiger partial charge in [0.2, 0.25) is 11.8 Å². The van der Waals surface area contributed by atoms with E-state index >= 15 is 0 Å². The lowest BCUT2D eigenvalue weighted by Gasteiger charge is -2.35. The highest BCUT2D eigenvalue weighted by Gasteiger charge is 2.39. The van der Waals surface area contributed by atoms with Gasteiger partial charge in [-0.2, -0.15) is 0 Å². The lowest BCUT2D eigenvalue weighted by Crippen LogP contribution is -2.58. The fraction of sp³-hybridized carbons (Fsp3) is 0.833. The van der Waals surface area contributed by atoms with Gasteiger partial charge < -0.3 is 21.5 Å². The second-order valence-electron chi connectivity index (χ2n) is 4.85. The largest absolute Gasteiger partial charge is 0.380 e. The second kappa shape index (κ2) is 8.35. The molecule has 112 valence electrons. The van der Waals surface area contributed by atoms with Crippen molar-refractivity contribution < 1.29 is 14.3 Å². The molecule has 1 fully saturated rings. The Morgan fingerprint density at radius 3 is 2.32 bits per heavy atom. The SMILES string of the molecule is COC(CN)CC(=O)NC1(C(N)=O)CCCCC1.Cl. The lowest BCUT2D eigenvalue weighted by molar-refractivity contribution is -0.134. The summed E-state index contributed by atoms with van der Waals surface area (Å²) in [4.78, 5) is 23.5. The summed E-state index contributed by atoms with van der Waals surface area (Å²) in [5.41, 5.74) is 10.0. The Balaban J connectivity index is 0.00000324. The topological polar surface area (TPSA) is 107 Å². The van der Waals surface area contributed by atoms with Crippen LogP contribution in [0.4, 0.5) is 0 Å². The Kier molecular flexibility index (Phi) is 7.97. The van der Waals surface area contributed by atoms with Crippen molar-refractivity contribution in [3.8, 4) is 0 Å². The average Bonchev–Trinajstić information content (AvgIpc) is 2.36. The number of hydrogen-bond donors (Lipinski definition) is 3. The first-order valence-electron chi connectivity index (χ1n) is 6.38. The predicted molar refractivity (Wildman–Crippen MR) is 74.9 cm³/mol. The van der Waals surface area contributed by atoms with Gasteiger partial charge in [-0.15, -0.1) is 12.4 Å². The molecule has 0 aromatic rings. The zero-order chi connectivity index (χ0) is 13.6. The molecule has 1 rings (SSSR count). The van der Waals surface area contributed by atoms with Crippen LogP contribution < -0.4 is 16.8 Å². The van der Waals surface area contributed by atoms with E-state index in [9.17, 15) is 9.59 Å². The van der Waals surface area contributed by atoms with Crippen LogP contribution in [0.5, 0.6) is 0 Å². The number of carbonyl (C=O) groups excluding carboxylic acids is 2. The number of primary amides is 1. The highest BCUT2D eigenvalue weighted by molar-refractivity contribution is 5.90. The van der Waals surface area contributed by atoms with E-state index in [0.717, 1.165) is 19.3 Å². The summed E-state index contributed by atoms with van der Waals surface area (Å²) < 4.78 is 5.05. The van der Waals surface area contributed by atoms with E-state index in [4.69, 9.17) is 16.2 Å². The van der Waals surface area contributed by atoms with Gasteiger partial charge in [0.05, 0.1) is 12.5 Å². The molecule has 19 heavy (non-hydrogen) atoms. The van der Waals surface area contributed by atoms with Gasteiger partial charge in [0, 0.05) is 13.7 Å². The fourth-order valence-corrected chi connectivity index (χ4v) is 2.38. The zero-order valence-electron chi connectivity index (χ0n) is 11.3. The van der Waals surface area contributed by atoms with Crippen molar-refractivity contribution in [1.82, 2.24) is 5.32 Å². The molecule has 0 heterocycles. The number of ether oxygens (including phenoxy) is 1. The molecule has 5 N–H and O–H groups in total. The van der Waals surface area contributed by atoms with E-state index in [0.29, 0.717) is 12.8 Å². The van der Waals surface area contributed by atoms with Crippen LogP contribution in [-0.4, -0.2) is 37.1 Å². The van der Waals surface area contributed by atoms with Gasteiger partial charge in [0.25, 0.3) is 0 Å². The van der Waals surface area contributed by atoms with Crippen LogP contribution >= 0.6 is 12.4 Å². The Bertz CT molecular complexity index is 303. The minimum Gasteiger partial charge on any atom is -0.380 e. The van der Waals surface area contributed by atoms with E-state index in [1.54, 1.807) is 0 Å². The standard InChI is InChI=1S/C12H23N3O3.ClH/c1-18-9(8-13)7-10(16)15-12(11(14)17)5-3-2-4-6-12;/h9H,2-8,13H2,1H3,(H2,14,17)(H,15,16);1H. The summed E-state index contributed by atoms with van der Waals surface area (Å²) in [5, 5.41) is 2.78. The molecule has 0 saturated heterocycles. The van der Waals surface area contributed by atoms with Crippen molar-refractivity contribution >= 4 is 24.2 Å². The van der Waals surface area contributed by atoms with Gasteiger partial charge in [-0.25, -0.2) is 0 Å². The van der Waals surface area contributed by atoms with Gasteiger partial charge in [-0.1, -0.05) is 19.3 Å². The Morgan fingerprint density at radius 2 is 1.89 bits per heavy atom. The van der Waals surface area contributed by atoms with Gasteiger partial charge in [0.1, 0.15) is 5.54 Å². The normalized spacial score (nSPS) is 19.1. The highest BCUT2D eigenvalue weighted by atomic mass is 35.5. The van der Waals surface area contributed by atoms with Gasteiger partial charge in [-0.3, -0.25) is 9.59 Å². The van der Waals surface area contributed by atoms with Crippen molar-refractivity contribution in [3.63, 3.8) is 0 Å². The summed E-state index contributed by atoms with van der Waals surface area (Å²) in [5.74, 6) is -0.676. The zero-order valence-corrected chi connectivity index (χ0v) is 12.1. The maximum Gasteiger partial charge on any atom is 0.243 e. The molecule has 1 saturated carbocycles. The molecule has 1 aliphatic rings. The van der Waals surface area contributed by atoms with Crippen LogP contribution in [0, 0.1) is 0 Å². The minimum atomic E-state index is -0.873. The van der Waals surface area contributed by atoms with Crippen LogP contribution in [0.25, 0.3) is 0 Å². The van der Waals surface area contributed by atoms with E-state index in [1.807, 2.05) is 0 Å². The quantitative estimate of drug-likeness (QED) is 0.644. The summed E-state index contributed by atoms with van der Waals surface area (Å²) in [6.45, 7) is 0.271. The number of rotatable bonds is 6. The molecule has 0 aromatic carbocycles. The van der Waals surface area contributed by atoms with Crippen LogP contribution in [-0.2, 0) is 14.3 Å². The molecular formula is C12H24ClN3O3. The van der Waals surface area contributed by atoms with Crippen molar-refractivity contribution in [2.45, 2.75) is 50.2 Å². The average molecular weight is 294 g/mol. The van der Waals surface area contributed by atoms with Crippen molar-refractivity contribution in [2.75, 3.05) is 13.7 Å². The van der Waals surface area contributed by atoms with Gasteiger partial charge in [0.15, 0.2) is 0 Å². The number of halogens is 1.